The Balaban J connectivity index is 1.45. The molecule has 1 aliphatic rings. The van der Waals surface area contributed by atoms with Crippen molar-refractivity contribution in [2.75, 3.05) is 11.9 Å². The van der Waals surface area contributed by atoms with Crippen LogP contribution in [0.2, 0.25) is 0 Å². The minimum Gasteiger partial charge on any atom is -0.488 e. The molecule has 0 saturated heterocycles. The topological polar surface area (TPSA) is 34.1 Å². The van der Waals surface area contributed by atoms with Gasteiger partial charge < -0.3 is 10.1 Å². The molecule has 0 fully saturated rings. The Morgan fingerprint density at radius 1 is 1.29 bits per heavy atom. The lowest BCUT2D eigenvalue weighted by molar-refractivity contribution is 0.246. The molecule has 1 atom stereocenters. The lowest BCUT2D eigenvalue weighted by atomic mass is 10.1. The van der Waals surface area contributed by atoms with Crippen molar-refractivity contribution in [3.63, 3.8) is 0 Å². The number of para-hydroxylation sites is 1. The molecule has 4 rings (SSSR count). The second-order valence-corrected chi connectivity index (χ2v) is 6.09. The molecule has 1 aliphatic heterocycles. The van der Waals surface area contributed by atoms with Crippen LogP contribution in [0.15, 0.2) is 42.5 Å². The molecule has 1 unspecified atom stereocenters. The third kappa shape index (κ3) is 2.45. The molecule has 5 heteroatoms. The summed E-state index contributed by atoms with van der Waals surface area (Å²) in [7, 11) is 0. The van der Waals surface area contributed by atoms with Crippen LogP contribution in [0.3, 0.4) is 0 Å². The Hall–Kier alpha value is -2.14. The molecule has 0 radical (unpaired) electrons. The van der Waals surface area contributed by atoms with E-state index in [-0.39, 0.29) is 11.9 Å². The number of ether oxygens (including phenoxy) is 1. The lowest BCUT2D eigenvalue weighted by Crippen LogP contribution is -2.23. The number of anilines is 1. The fourth-order valence-electron chi connectivity index (χ4n) is 2.55. The van der Waals surface area contributed by atoms with Crippen LogP contribution < -0.4 is 10.1 Å². The van der Waals surface area contributed by atoms with E-state index in [0.717, 1.165) is 22.0 Å². The van der Waals surface area contributed by atoms with Crippen molar-refractivity contribution in [3.05, 3.63) is 53.8 Å². The number of hydrogen-bond donors (Lipinski definition) is 1. The molecule has 0 spiro atoms. The van der Waals surface area contributed by atoms with E-state index in [2.05, 4.69) is 16.4 Å². The van der Waals surface area contributed by atoms with Crippen LogP contribution in [0.4, 0.5) is 9.52 Å². The average molecular weight is 300 g/mol. The Kier molecular flexibility index (Phi) is 3.00. The zero-order valence-electron chi connectivity index (χ0n) is 11.2. The van der Waals surface area contributed by atoms with Gasteiger partial charge in [-0.1, -0.05) is 29.5 Å². The number of nitrogens with zero attached hydrogens (tertiary/aromatic N) is 1. The average Bonchev–Trinajstić information content (AvgIpc) is 3.07. The summed E-state index contributed by atoms with van der Waals surface area (Å²) in [5, 5.41) is 4.09. The number of nitrogens with one attached hydrogen (secondary N) is 1. The van der Waals surface area contributed by atoms with Crippen molar-refractivity contribution in [1.29, 1.82) is 0 Å². The monoisotopic (exact) mass is 300 g/mol. The van der Waals surface area contributed by atoms with Gasteiger partial charge >= 0.3 is 0 Å². The highest BCUT2D eigenvalue weighted by Gasteiger charge is 2.22. The van der Waals surface area contributed by atoms with E-state index in [0.29, 0.717) is 12.1 Å². The van der Waals surface area contributed by atoms with Crippen LogP contribution >= 0.6 is 11.3 Å². The van der Waals surface area contributed by atoms with Gasteiger partial charge in [-0.2, -0.15) is 0 Å². The van der Waals surface area contributed by atoms with Crippen molar-refractivity contribution in [2.24, 2.45) is 0 Å². The quantitative estimate of drug-likeness (QED) is 0.797. The smallest absolute Gasteiger partial charge is 0.183 e. The normalized spacial score (nSPS) is 16.7. The number of aromatic nitrogens is 1. The van der Waals surface area contributed by atoms with Gasteiger partial charge in [-0.25, -0.2) is 9.37 Å². The van der Waals surface area contributed by atoms with Crippen LogP contribution in [0.1, 0.15) is 5.56 Å². The standard InChI is InChI=1S/C16H13FN2OS/c17-11-5-6-15-13(8-11)19-16(21-15)18-9-12-7-10-3-1-2-4-14(10)20-12/h1-6,8,12H,7,9H2,(H,18,19). The van der Waals surface area contributed by atoms with E-state index in [4.69, 9.17) is 4.74 Å². The van der Waals surface area contributed by atoms with E-state index >= 15 is 0 Å². The minimum absolute atomic E-state index is 0.117. The first kappa shape index (κ1) is 12.6. The Labute approximate surface area is 125 Å². The van der Waals surface area contributed by atoms with E-state index in [1.165, 1.54) is 29.0 Å². The number of rotatable bonds is 3. The highest BCUT2D eigenvalue weighted by atomic mass is 32.1. The summed E-state index contributed by atoms with van der Waals surface area (Å²) in [5.74, 6) is 0.713. The number of hydrogen-bond acceptors (Lipinski definition) is 4. The number of thiazole rings is 1. The van der Waals surface area contributed by atoms with Crippen LogP contribution in [0, 0.1) is 5.82 Å². The summed E-state index contributed by atoms with van der Waals surface area (Å²) < 4.78 is 20.0. The van der Waals surface area contributed by atoms with Crippen LogP contribution in [0.25, 0.3) is 10.2 Å². The molecule has 3 nitrogen and oxygen atoms in total. The largest absolute Gasteiger partial charge is 0.488 e. The molecule has 3 aromatic rings. The van der Waals surface area contributed by atoms with Gasteiger partial charge in [-0.05, 0) is 23.8 Å². The number of benzene rings is 2. The zero-order valence-corrected chi connectivity index (χ0v) is 12.0. The zero-order chi connectivity index (χ0) is 14.2. The third-order valence-corrected chi connectivity index (χ3v) is 4.54. The van der Waals surface area contributed by atoms with Gasteiger partial charge in [0.1, 0.15) is 17.7 Å². The van der Waals surface area contributed by atoms with E-state index < -0.39 is 0 Å². The fourth-order valence-corrected chi connectivity index (χ4v) is 3.40. The van der Waals surface area contributed by atoms with Gasteiger partial charge in [0.25, 0.3) is 0 Å². The summed E-state index contributed by atoms with van der Waals surface area (Å²) in [6, 6.07) is 12.8. The maximum Gasteiger partial charge on any atom is 0.183 e. The summed E-state index contributed by atoms with van der Waals surface area (Å²) in [4.78, 5) is 4.40. The predicted octanol–water partition coefficient (Wildman–Crippen LogP) is 3.85. The maximum atomic E-state index is 13.2. The molecule has 0 aliphatic carbocycles. The first-order valence-electron chi connectivity index (χ1n) is 6.82. The summed E-state index contributed by atoms with van der Waals surface area (Å²) >= 11 is 1.53. The molecule has 1 aromatic heterocycles. The van der Waals surface area contributed by atoms with Crippen molar-refractivity contribution in [1.82, 2.24) is 4.98 Å². The Bertz CT molecular complexity index is 777. The highest BCUT2D eigenvalue weighted by molar-refractivity contribution is 7.22. The first-order chi connectivity index (χ1) is 10.3. The van der Waals surface area contributed by atoms with E-state index in [9.17, 15) is 4.39 Å². The van der Waals surface area contributed by atoms with E-state index in [1.54, 1.807) is 6.07 Å². The third-order valence-electron chi connectivity index (χ3n) is 3.54. The number of halogens is 1. The van der Waals surface area contributed by atoms with Gasteiger partial charge in [0, 0.05) is 12.5 Å². The maximum absolute atomic E-state index is 13.2. The molecule has 21 heavy (non-hydrogen) atoms. The van der Waals surface area contributed by atoms with Gasteiger partial charge in [0.2, 0.25) is 0 Å². The molecule has 2 heterocycles. The first-order valence-corrected chi connectivity index (χ1v) is 7.64. The molecule has 0 amide bonds. The Morgan fingerprint density at radius 3 is 3.10 bits per heavy atom. The van der Waals surface area contributed by atoms with Crippen molar-refractivity contribution in [2.45, 2.75) is 12.5 Å². The van der Waals surface area contributed by atoms with E-state index in [1.807, 2.05) is 18.2 Å². The van der Waals surface area contributed by atoms with Gasteiger partial charge in [-0.15, -0.1) is 0 Å². The van der Waals surface area contributed by atoms with Crippen molar-refractivity contribution in [3.8, 4) is 5.75 Å². The van der Waals surface area contributed by atoms with Crippen LogP contribution in [-0.2, 0) is 6.42 Å². The van der Waals surface area contributed by atoms with Crippen molar-refractivity contribution < 1.29 is 9.13 Å². The number of fused-ring (bicyclic) bond motifs is 2. The Morgan fingerprint density at radius 2 is 2.19 bits per heavy atom. The lowest BCUT2D eigenvalue weighted by Gasteiger charge is -2.10. The van der Waals surface area contributed by atoms with Gasteiger partial charge in [0.15, 0.2) is 5.13 Å². The van der Waals surface area contributed by atoms with Gasteiger partial charge in [-0.3, -0.25) is 0 Å². The SMILES string of the molecule is Fc1ccc2sc(NCC3Cc4ccccc4O3)nc2c1. The summed E-state index contributed by atoms with van der Waals surface area (Å²) in [5.41, 5.74) is 1.94. The van der Waals surface area contributed by atoms with Crippen LogP contribution in [-0.4, -0.2) is 17.6 Å². The second-order valence-electron chi connectivity index (χ2n) is 5.06. The molecule has 1 N–H and O–H groups in total. The summed E-state index contributed by atoms with van der Waals surface area (Å²) in [6.45, 7) is 0.691. The van der Waals surface area contributed by atoms with Gasteiger partial charge in [0.05, 0.1) is 16.8 Å². The second kappa shape index (κ2) is 5.00. The minimum atomic E-state index is -0.256. The van der Waals surface area contributed by atoms with Crippen LogP contribution in [0.5, 0.6) is 5.75 Å². The van der Waals surface area contributed by atoms with Crippen molar-refractivity contribution >= 4 is 26.7 Å². The molecular weight excluding hydrogens is 287 g/mol. The molecule has 2 aromatic carbocycles. The fraction of sp³-hybridized carbons (Fsp3) is 0.188. The molecule has 106 valence electrons. The summed E-state index contributed by atoms with van der Waals surface area (Å²) in [6.07, 6.45) is 1.02. The predicted molar refractivity (Wildman–Crippen MR) is 82.6 cm³/mol. The highest BCUT2D eigenvalue weighted by Crippen LogP contribution is 2.29. The molecule has 0 bridgehead atoms. The molecule has 0 saturated carbocycles. The molecular formula is C16H13FN2OS.